The Balaban J connectivity index is 0.00000196. The number of likely N-dealkylation sites (tertiary alicyclic amines) is 1. The van der Waals surface area contributed by atoms with E-state index in [1.165, 1.54) is 12.8 Å². The molecule has 2 fully saturated rings. The number of fused-ring (bicyclic) bond motifs is 1. The van der Waals surface area contributed by atoms with Crippen molar-refractivity contribution >= 4 is 35.6 Å². The molecule has 0 amide bonds. The number of pyridine rings is 1. The summed E-state index contributed by atoms with van der Waals surface area (Å²) in [6.07, 6.45) is 6.30. The van der Waals surface area contributed by atoms with Crippen LogP contribution in [-0.4, -0.2) is 65.4 Å². The number of rotatable bonds is 4. The Morgan fingerprint density at radius 2 is 2.27 bits per heavy atom. The van der Waals surface area contributed by atoms with Crippen molar-refractivity contribution < 1.29 is 4.74 Å². The highest BCUT2D eigenvalue weighted by Crippen LogP contribution is 2.38. The van der Waals surface area contributed by atoms with Crippen molar-refractivity contribution in [2.45, 2.75) is 25.7 Å². The van der Waals surface area contributed by atoms with Crippen LogP contribution >= 0.6 is 24.0 Å². The fourth-order valence-corrected chi connectivity index (χ4v) is 3.93. The van der Waals surface area contributed by atoms with Gasteiger partial charge in [0.2, 0.25) is 0 Å². The van der Waals surface area contributed by atoms with Gasteiger partial charge in [0.25, 0.3) is 0 Å². The lowest BCUT2D eigenvalue weighted by atomic mass is 9.87. The van der Waals surface area contributed by atoms with Gasteiger partial charge in [0, 0.05) is 51.3 Å². The first-order valence-electron chi connectivity index (χ1n) is 9.12. The first-order valence-corrected chi connectivity index (χ1v) is 9.12. The van der Waals surface area contributed by atoms with Crippen LogP contribution < -0.4 is 5.32 Å². The highest BCUT2D eigenvalue weighted by molar-refractivity contribution is 14.0. The van der Waals surface area contributed by atoms with Crippen LogP contribution in [0.4, 0.5) is 0 Å². The van der Waals surface area contributed by atoms with Gasteiger partial charge >= 0.3 is 0 Å². The van der Waals surface area contributed by atoms with Crippen LogP contribution in [0.5, 0.6) is 0 Å². The second-order valence-corrected chi connectivity index (χ2v) is 7.10. The molecule has 2 aliphatic rings. The van der Waals surface area contributed by atoms with E-state index >= 15 is 0 Å². The summed E-state index contributed by atoms with van der Waals surface area (Å²) in [5.41, 5.74) is 1.26. The van der Waals surface area contributed by atoms with Gasteiger partial charge < -0.3 is 15.0 Å². The number of aromatic nitrogens is 3. The van der Waals surface area contributed by atoms with Gasteiger partial charge in [0.1, 0.15) is 5.82 Å². The molecule has 2 aromatic rings. The van der Waals surface area contributed by atoms with Crippen LogP contribution in [0.1, 0.15) is 25.1 Å². The first-order chi connectivity index (χ1) is 12.3. The van der Waals surface area contributed by atoms with Gasteiger partial charge in [-0.15, -0.1) is 34.2 Å². The second-order valence-electron chi connectivity index (χ2n) is 7.10. The quantitative estimate of drug-likeness (QED) is 0.321. The maximum atomic E-state index is 5.62. The molecule has 0 aliphatic carbocycles. The smallest absolute Gasteiger partial charge is 0.193 e. The number of hydrogen-bond acceptors (Lipinski definition) is 4. The van der Waals surface area contributed by atoms with Gasteiger partial charge in [0.05, 0.1) is 6.61 Å². The molecule has 26 heavy (non-hydrogen) atoms. The Morgan fingerprint density at radius 3 is 3.08 bits per heavy atom. The highest BCUT2D eigenvalue weighted by Gasteiger charge is 2.42. The summed E-state index contributed by atoms with van der Waals surface area (Å²) in [6, 6.07) is 5.97. The largest absolute Gasteiger partial charge is 0.381 e. The number of halogens is 1. The average molecular weight is 470 g/mol. The molecule has 1 unspecified atom stereocenters. The van der Waals surface area contributed by atoms with Gasteiger partial charge in [-0.25, -0.2) is 0 Å². The van der Waals surface area contributed by atoms with Crippen molar-refractivity contribution in [2.24, 2.45) is 10.4 Å². The number of hydrogen-bond donors (Lipinski definition) is 1. The number of aryl methyl sites for hydroxylation is 1. The zero-order valence-corrected chi connectivity index (χ0v) is 17.6. The molecule has 1 atom stereocenters. The lowest BCUT2D eigenvalue weighted by Crippen LogP contribution is -2.41. The standard InChI is InChI=1S/C18H26N6O.HI/c1-19-17(23-11-7-18(13-23)8-12-25-14-18)20-9-4-6-16-22-21-15-5-2-3-10-24(15)16;/h2-3,5,10H,4,6-9,11-14H2,1H3,(H,19,20);1H. The number of aliphatic imine (C=N–C) groups is 1. The molecule has 2 aliphatic heterocycles. The number of nitrogens with zero attached hydrogens (tertiary/aromatic N) is 5. The number of ether oxygens (including phenoxy) is 1. The Morgan fingerprint density at radius 1 is 1.35 bits per heavy atom. The van der Waals surface area contributed by atoms with Crippen molar-refractivity contribution in [3.63, 3.8) is 0 Å². The summed E-state index contributed by atoms with van der Waals surface area (Å²) < 4.78 is 7.67. The van der Waals surface area contributed by atoms with E-state index in [0.717, 1.165) is 63.1 Å². The second kappa shape index (κ2) is 8.51. The molecule has 1 N–H and O–H groups in total. The molecule has 0 aromatic carbocycles. The fraction of sp³-hybridized carbons (Fsp3) is 0.611. The summed E-state index contributed by atoms with van der Waals surface area (Å²) >= 11 is 0. The van der Waals surface area contributed by atoms with Gasteiger partial charge in [-0.1, -0.05) is 6.07 Å². The number of guanidine groups is 1. The monoisotopic (exact) mass is 470 g/mol. The van der Waals surface area contributed by atoms with Crippen molar-refractivity contribution in [1.82, 2.24) is 24.8 Å². The normalized spacial score (nSPS) is 23.0. The SMILES string of the molecule is CN=C(NCCCc1nnc2ccccn12)N1CCC2(CCOC2)C1.I. The van der Waals surface area contributed by atoms with Gasteiger partial charge in [0.15, 0.2) is 11.6 Å². The van der Waals surface area contributed by atoms with Crippen LogP contribution in [-0.2, 0) is 11.2 Å². The van der Waals surface area contributed by atoms with Gasteiger partial charge in [-0.05, 0) is 31.4 Å². The van der Waals surface area contributed by atoms with Crippen LogP contribution in [0.25, 0.3) is 5.65 Å². The zero-order valence-electron chi connectivity index (χ0n) is 15.2. The lowest BCUT2D eigenvalue weighted by Gasteiger charge is -2.24. The minimum atomic E-state index is 0. The molecule has 1 spiro atoms. The molecule has 2 aromatic heterocycles. The van der Waals surface area contributed by atoms with Gasteiger partial charge in [-0.3, -0.25) is 9.39 Å². The minimum Gasteiger partial charge on any atom is -0.381 e. The summed E-state index contributed by atoms with van der Waals surface area (Å²) in [6.45, 7) is 4.82. The molecule has 4 rings (SSSR count). The Kier molecular flexibility index (Phi) is 6.33. The summed E-state index contributed by atoms with van der Waals surface area (Å²) in [5, 5.41) is 12.0. The summed E-state index contributed by atoms with van der Waals surface area (Å²) in [7, 11) is 1.87. The van der Waals surface area contributed by atoms with E-state index in [1.807, 2.05) is 31.4 Å². The van der Waals surface area contributed by atoms with E-state index in [4.69, 9.17) is 4.74 Å². The van der Waals surface area contributed by atoms with E-state index in [1.54, 1.807) is 0 Å². The molecular formula is C18H27IN6O. The first kappa shape index (κ1) is 19.3. The topological polar surface area (TPSA) is 67.0 Å². The predicted molar refractivity (Wildman–Crippen MR) is 112 cm³/mol. The third-order valence-corrected chi connectivity index (χ3v) is 5.38. The molecule has 0 radical (unpaired) electrons. The Labute approximate surface area is 171 Å². The van der Waals surface area contributed by atoms with Crippen molar-refractivity contribution in [3.05, 3.63) is 30.2 Å². The van der Waals surface area contributed by atoms with E-state index in [0.29, 0.717) is 5.41 Å². The third kappa shape index (κ3) is 3.95. The maximum absolute atomic E-state index is 5.62. The molecule has 8 heteroatoms. The van der Waals surface area contributed by atoms with E-state index < -0.39 is 0 Å². The molecule has 4 heterocycles. The molecule has 0 saturated carbocycles. The van der Waals surface area contributed by atoms with Crippen LogP contribution in [0, 0.1) is 5.41 Å². The van der Waals surface area contributed by atoms with Crippen LogP contribution in [0.2, 0.25) is 0 Å². The predicted octanol–water partition coefficient (Wildman–Crippen LogP) is 1.97. The molecule has 0 bridgehead atoms. The van der Waals surface area contributed by atoms with E-state index in [2.05, 4.69) is 29.8 Å². The van der Waals surface area contributed by atoms with E-state index in [-0.39, 0.29) is 24.0 Å². The van der Waals surface area contributed by atoms with Crippen LogP contribution in [0.3, 0.4) is 0 Å². The van der Waals surface area contributed by atoms with E-state index in [9.17, 15) is 0 Å². The highest BCUT2D eigenvalue weighted by atomic mass is 127. The van der Waals surface area contributed by atoms with Crippen molar-refractivity contribution in [3.8, 4) is 0 Å². The Hall–Kier alpha value is -1.42. The molecule has 142 valence electrons. The van der Waals surface area contributed by atoms with Gasteiger partial charge in [-0.2, -0.15) is 0 Å². The Bertz CT molecular complexity index is 755. The number of nitrogens with one attached hydrogen (secondary N) is 1. The lowest BCUT2D eigenvalue weighted by molar-refractivity contribution is 0.156. The van der Waals surface area contributed by atoms with Crippen molar-refractivity contribution in [1.29, 1.82) is 0 Å². The molecule has 2 saturated heterocycles. The zero-order chi connectivity index (χ0) is 17.1. The molecule has 7 nitrogen and oxygen atoms in total. The summed E-state index contributed by atoms with van der Waals surface area (Å²) in [5.74, 6) is 2.02. The average Bonchev–Trinajstić information content (AvgIpc) is 3.37. The minimum absolute atomic E-state index is 0. The maximum Gasteiger partial charge on any atom is 0.193 e. The molecular weight excluding hydrogens is 443 g/mol. The van der Waals surface area contributed by atoms with Crippen LogP contribution in [0.15, 0.2) is 29.4 Å². The van der Waals surface area contributed by atoms with Crippen molar-refractivity contribution in [2.75, 3.05) is 39.9 Å². The third-order valence-electron chi connectivity index (χ3n) is 5.38. The fourth-order valence-electron chi connectivity index (χ4n) is 3.93. The summed E-state index contributed by atoms with van der Waals surface area (Å²) in [4.78, 5) is 6.84.